The molecule has 3 atom stereocenters. The second kappa shape index (κ2) is 7.91. The lowest BCUT2D eigenvalue weighted by molar-refractivity contribution is 0.445. The summed E-state index contributed by atoms with van der Waals surface area (Å²) >= 11 is 0. The smallest absolute Gasteiger partial charge is 0.00794 e. The van der Waals surface area contributed by atoms with Crippen LogP contribution in [0, 0.1) is 5.92 Å². The molecule has 0 bridgehead atoms. The lowest BCUT2D eigenvalue weighted by Crippen LogP contribution is -2.29. The quantitative estimate of drug-likeness (QED) is 0.574. The normalized spacial score (nSPS) is 30.5. The van der Waals surface area contributed by atoms with Crippen LogP contribution in [0.5, 0.6) is 0 Å². The van der Waals surface area contributed by atoms with E-state index in [4.69, 9.17) is 5.73 Å². The number of nitrogens with two attached hydrogens (primary N) is 1. The molecule has 0 aromatic heterocycles. The summed E-state index contributed by atoms with van der Waals surface area (Å²) in [5.41, 5.74) is 13.1. The predicted molar refractivity (Wildman–Crippen MR) is 107 cm³/mol. The molecule has 3 unspecified atom stereocenters. The van der Waals surface area contributed by atoms with Crippen molar-refractivity contribution in [3.05, 3.63) is 58.7 Å². The van der Waals surface area contributed by atoms with E-state index >= 15 is 0 Å². The Balaban J connectivity index is 1.77. The SMILES string of the molecule is NC1CCC2=C(C1)C1C=CCCC1c1ccccc1CCCCCC2. The molecule has 3 aliphatic rings. The molecule has 0 amide bonds. The summed E-state index contributed by atoms with van der Waals surface area (Å²) in [6, 6.07) is 9.67. The third-order valence-corrected chi connectivity index (χ3v) is 6.71. The van der Waals surface area contributed by atoms with Crippen molar-refractivity contribution in [3.63, 3.8) is 0 Å². The number of rotatable bonds is 0. The molecule has 1 nitrogen and oxygen atoms in total. The van der Waals surface area contributed by atoms with E-state index in [1.165, 1.54) is 64.2 Å². The molecule has 25 heavy (non-hydrogen) atoms. The summed E-state index contributed by atoms with van der Waals surface area (Å²) in [4.78, 5) is 0. The minimum absolute atomic E-state index is 0.373. The number of benzene rings is 1. The Bertz CT molecular complexity index is 654. The molecule has 0 saturated carbocycles. The van der Waals surface area contributed by atoms with Crippen LogP contribution in [0.1, 0.15) is 81.3 Å². The largest absolute Gasteiger partial charge is 0.327 e. The summed E-state index contributed by atoms with van der Waals surface area (Å²) in [7, 11) is 0. The molecule has 1 heteroatoms. The zero-order chi connectivity index (χ0) is 17.1. The van der Waals surface area contributed by atoms with Crippen LogP contribution in [0.15, 0.2) is 47.6 Å². The highest BCUT2D eigenvalue weighted by molar-refractivity contribution is 5.37. The van der Waals surface area contributed by atoms with Crippen LogP contribution in [0.3, 0.4) is 0 Å². The van der Waals surface area contributed by atoms with E-state index in [1.54, 1.807) is 22.3 Å². The van der Waals surface area contributed by atoms with Crippen molar-refractivity contribution in [2.45, 2.75) is 82.6 Å². The van der Waals surface area contributed by atoms with Crippen molar-refractivity contribution in [1.82, 2.24) is 0 Å². The lowest BCUT2D eigenvalue weighted by Gasteiger charge is -2.37. The van der Waals surface area contributed by atoms with Gasteiger partial charge in [0.2, 0.25) is 0 Å². The van der Waals surface area contributed by atoms with Crippen molar-refractivity contribution >= 4 is 0 Å². The summed E-state index contributed by atoms with van der Waals surface area (Å²) in [6.45, 7) is 0. The van der Waals surface area contributed by atoms with Crippen molar-refractivity contribution in [1.29, 1.82) is 0 Å². The Kier molecular flexibility index (Phi) is 5.41. The van der Waals surface area contributed by atoms with Gasteiger partial charge >= 0.3 is 0 Å². The Hall–Kier alpha value is -1.34. The van der Waals surface area contributed by atoms with Crippen molar-refractivity contribution in [3.8, 4) is 0 Å². The fourth-order valence-electron chi connectivity index (χ4n) is 5.38. The van der Waals surface area contributed by atoms with Gasteiger partial charge < -0.3 is 5.73 Å². The van der Waals surface area contributed by atoms with E-state index in [0.717, 1.165) is 6.42 Å². The zero-order valence-corrected chi connectivity index (χ0v) is 15.6. The lowest BCUT2D eigenvalue weighted by atomic mass is 9.69. The fourth-order valence-corrected chi connectivity index (χ4v) is 5.38. The Morgan fingerprint density at radius 1 is 0.880 bits per heavy atom. The summed E-state index contributed by atoms with van der Waals surface area (Å²) in [6.07, 6.45) is 19.1. The standard InChI is InChI=1S/C24H33N/c25-20-16-15-19-10-4-2-1-3-9-18-11-5-6-12-21(18)22-13-7-8-14-23(22)24(19)17-20/h5-6,8,11-12,14,20,22-23H,1-4,7,9-10,13,15-17,25H2. The maximum atomic E-state index is 6.42. The van der Waals surface area contributed by atoms with Gasteiger partial charge in [-0.3, -0.25) is 0 Å². The van der Waals surface area contributed by atoms with E-state index in [1.807, 2.05) is 0 Å². The van der Waals surface area contributed by atoms with Crippen LogP contribution in [-0.2, 0) is 6.42 Å². The molecule has 0 aliphatic heterocycles. The molecule has 0 spiro atoms. The molecule has 0 heterocycles. The van der Waals surface area contributed by atoms with Crippen LogP contribution in [0.25, 0.3) is 0 Å². The van der Waals surface area contributed by atoms with Crippen molar-refractivity contribution in [2.75, 3.05) is 0 Å². The summed E-state index contributed by atoms with van der Waals surface area (Å²) in [5.74, 6) is 1.26. The maximum Gasteiger partial charge on any atom is 0.00794 e. The van der Waals surface area contributed by atoms with Crippen LogP contribution >= 0.6 is 0 Å². The molecule has 1 aromatic carbocycles. The van der Waals surface area contributed by atoms with Gasteiger partial charge in [-0.2, -0.15) is 0 Å². The third kappa shape index (κ3) is 3.77. The van der Waals surface area contributed by atoms with Gasteiger partial charge in [-0.15, -0.1) is 0 Å². The number of fused-ring (bicyclic) bond motifs is 4. The van der Waals surface area contributed by atoms with Crippen molar-refractivity contribution < 1.29 is 0 Å². The van der Waals surface area contributed by atoms with Gasteiger partial charge in [-0.25, -0.2) is 0 Å². The average Bonchev–Trinajstić information content (AvgIpc) is 2.65. The second-order valence-corrected chi connectivity index (χ2v) is 8.38. The number of allylic oxidation sites excluding steroid dienone is 3. The second-order valence-electron chi connectivity index (χ2n) is 8.38. The van der Waals surface area contributed by atoms with Gasteiger partial charge in [0.15, 0.2) is 0 Å². The van der Waals surface area contributed by atoms with E-state index in [2.05, 4.69) is 36.4 Å². The van der Waals surface area contributed by atoms with Gasteiger partial charge in [0, 0.05) is 12.0 Å². The van der Waals surface area contributed by atoms with Gasteiger partial charge in [0.05, 0.1) is 0 Å². The Morgan fingerprint density at radius 2 is 1.72 bits per heavy atom. The first kappa shape index (κ1) is 17.1. The van der Waals surface area contributed by atoms with Crippen LogP contribution in [0.2, 0.25) is 0 Å². The highest BCUT2D eigenvalue weighted by Crippen LogP contribution is 2.45. The average molecular weight is 336 g/mol. The van der Waals surface area contributed by atoms with E-state index in [-0.39, 0.29) is 0 Å². The van der Waals surface area contributed by atoms with E-state index in [9.17, 15) is 0 Å². The first-order chi connectivity index (χ1) is 12.3. The molecule has 0 fully saturated rings. The molecule has 1 aromatic rings. The van der Waals surface area contributed by atoms with E-state index in [0.29, 0.717) is 17.9 Å². The minimum atomic E-state index is 0.373. The first-order valence-electron chi connectivity index (χ1n) is 10.5. The number of aryl methyl sites for hydroxylation is 1. The molecule has 2 N–H and O–H groups in total. The molecular weight excluding hydrogens is 302 g/mol. The topological polar surface area (TPSA) is 26.0 Å². The third-order valence-electron chi connectivity index (χ3n) is 6.71. The highest BCUT2D eigenvalue weighted by Gasteiger charge is 2.31. The molecule has 4 rings (SSSR count). The van der Waals surface area contributed by atoms with Gasteiger partial charge in [-0.1, -0.05) is 60.4 Å². The Labute approximate surface area is 153 Å². The first-order valence-corrected chi connectivity index (χ1v) is 10.5. The van der Waals surface area contributed by atoms with Gasteiger partial charge in [0.1, 0.15) is 0 Å². The van der Waals surface area contributed by atoms with Crippen LogP contribution < -0.4 is 5.73 Å². The zero-order valence-electron chi connectivity index (χ0n) is 15.6. The minimum Gasteiger partial charge on any atom is -0.327 e. The van der Waals surface area contributed by atoms with Gasteiger partial charge in [-0.05, 0) is 74.8 Å². The predicted octanol–water partition coefficient (Wildman–Crippen LogP) is 6.05. The maximum absolute atomic E-state index is 6.42. The van der Waals surface area contributed by atoms with Crippen LogP contribution in [0.4, 0.5) is 0 Å². The molecule has 134 valence electrons. The van der Waals surface area contributed by atoms with E-state index < -0.39 is 0 Å². The molecule has 3 aliphatic carbocycles. The van der Waals surface area contributed by atoms with Crippen molar-refractivity contribution in [2.24, 2.45) is 11.7 Å². The molecule has 0 saturated heterocycles. The summed E-state index contributed by atoms with van der Waals surface area (Å²) < 4.78 is 0. The monoisotopic (exact) mass is 335 g/mol. The van der Waals surface area contributed by atoms with Gasteiger partial charge in [0.25, 0.3) is 0 Å². The Morgan fingerprint density at radius 3 is 2.64 bits per heavy atom. The number of hydrogen-bond donors (Lipinski definition) is 1. The number of hydrogen-bond acceptors (Lipinski definition) is 1. The molecule has 0 radical (unpaired) electrons. The highest BCUT2D eigenvalue weighted by atomic mass is 14.6. The van der Waals surface area contributed by atoms with Crippen LogP contribution in [-0.4, -0.2) is 6.04 Å². The molecular formula is C24H33N. The fraction of sp³-hybridized carbons (Fsp3) is 0.583. The summed E-state index contributed by atoms with van der Waals surface area (Å²) in [5, 5.41) is 0.